The summed E-state index contributed by atoms with van der Waals surface area (Å²) in [6.45, 7) is 4.65. The van der Waals surface area contributed by atoms with E-state index in [1.54, 1.807) is 11.1 Å². The highest BCUT2D eigenvalue weighted by atomic mass is 14.4. The molecule has 0 radical (unpaired) electrons. The van der Waals surface area contributed by atoms with Crippen molar-refractivity contribution in [1.29, 1.82) is 0 Å². The van der Waals surface area contributed by atoms with Crippen LogP contribution in [0.15, 0.2) is 11.1 Å². The van der Waals surface area contributed by atoms with Crippen LogP contribution in [0.5, 0.6) is 0 Å². The molecule has 2 aliphatic carbocycles. The highest BCUT2D eigenvalue weighted by molar-refractivity contribution is 5.16. The second-order valence-electron chi connectivity index (χ2n) is 4.42. The Bertz CT molecular complexity index is 168. The van der Waals surface area contributed by atoms with Crippen molar-refractivity contribution in [2.45, 2.75) is 46.0 Å². The van der Waals surface area contributed by atoms with Gasteiger partial charge in [0.15, 0.2) is 0 Å². The summed E-state index contributed by atoms with van der Waals surface area (Å²) in [5.74, 6) is 2.14. The van der Waals surface area contributed by atoms with Crippen molar-refractivity contribution in [3.8, 4) is 0 Å². The van der Waals surface area contributed by atoms with Crippen molar-refractivity contribution in [2.24, 2.45) is 11.8 Å². The first-order valence-corrected chi connectivity index (χ1v) is 4.92. The van der Waals surface area contributed by atoms with Gasteiger partial charge in [0.05, 0.1) is 0 Å². The molecule has 2 unspecified atom stereocenters. The summed E-state index contributed by atoms with van der Waals surface area (Å²) in [7, 11) is 0. The van der Waals surface area contributed by atoms with Crippen LogP contribution in [-0.4, -0.2) is 0 Å². The van der Waals surface area contributed by atoms with E-state index in [0.29, 0.717) is 0 Å². The van der Waals surface area contributed by atoms with Crippen LogP contribution < -0.4 is 0 Å². The lowest BCUT2D eigenvalue weighted by atomic mass is 9.79. The van der Waals surface area contributed by atoms with Crippen molar-refractivity contribution in [2.75, 3.05) is 0 Å². The van der Waals surface area contributed by atoms with E-state index in [9.17, 15) is 0 Å². The average molecular weight is 150 g/mol. The molecule has 1 fully saturated rings. The van der Waals surface area contributed by atoms with Crippen LogP contribution in [-0.2, 0) is 0 Å². The largest absolute Gasteiger partial charge is 0.0741 e. The van der Waals surface area contributed by atoms with Crippen molar-refractivity contribution in [1.82, 2.24) is 0 Å². The number of fused-ring (bicyclic) bond motifs is 1. The lowest BCUT2D eigenvalue weighted by molar-refractivity contribution is 0.359. The summed E-state index contributed by atoms with van der Waals surface area (Å²) >= 11 is 0. The zero-order valence-corrected chi connectivity index (χ0v) is 7.69. The van der Waals surface area contributed by atoms with E-state index in [0.717, 1.165) is 11.8 Å². The van der Waals surface area contributed by atoms with Gasteiger partial charge in [0.2, 0.25) is 0 Å². The molecule has 1 saturated carbocycles. The number of allylic oxidation sites excluding steroid dienone is 2. The number of hydrogen-bond acceptors (Lipinski definition) is 0. The van der Waals surface area contributed by atoms with Crippen molar-refractivity contribution < 1.29 is 0 Å². The van der Waals surface area contributed by atoms with Gasteiger partial charge in [-0.3, -0.25) is 0 Å². The van der Waals surface area contributed by atoms with Crippen LogP contribution in [0.4, 0.5) is 0 Å². The zero-order valence-electron chi connectivity index (χ0n) is 7.69. The van der Waals surface area contributed by atoms with Gasteiger partial charge in [0.25, 0.3) is 0 Å². The summed E-state index contributed by atoms with van der Waals surface area (Å²) in [4.78, 5) is 0. The molecule has 0 bridgehead atoms. The number of hydrogen-bond donors (Lipinski definition) is 0. The SMILES string of the molecule is CC1=C(C)CC2CCCC2C1. The van der Waals surface area contributed by atoms with E-state index < -0.39 is 0 Å². The third kappa shape index (κ3) is 1.23. The molecule has 62 valence electrons. The quantitative estimate of drug-likeness (QED) is 0.463. The molecule has 0 aromatic rings. The third-order valence-electron chi connectivity index (χ3n) is 3.68. The molecule has 0 saturated heterocycles. The molecule has 2 rings (SSSR count). The molecule has 0 aromatic carbocycles. The fraction of sp³-hybridized carbons (Fsp3) is 0.818. The maximum atomic E-state index is 2.32. The van der Waals surface area contributed by atoms with E-state index in [4.69, 9.17) is 0 Å². The molecule has 0 N–H and O–H groups in total. The van der Waals surface area contributed by atoms with Crippen LogP contribution in [0.2, 0.25) is 0 Å². The van der Waals surface area contributed by atoms with Crippen molar-refractivity contribution in [3.05, 3.63) is 11.1 Å². The third-order valence-corrected chi connectivity index (χ3v) is 3.68. The summed E-state index contributed by atoms with van der Waals surface area (Å²) in [6.07, 6.45) is 7.34. The fourth-order valence-corrected chi connectivity index (χ4v) is 2.79. The molecule has 0 heteroatoms. The monoisotopic (exact) mass is 150 g/mol. The molecule has 0 aliphatic heterocycles. The molecular formula is C11H18. The van der Waals surface area contributed by atoms with E-state index in [1.807, 2.05) is 0 Å². The first-order chi connectivity index (χ1) is 5.27. The first-order valence-electron chi connectivity index (χ1n) is 4.92. The van der Waals surface area contributed by atoms with Gasteiger partial charge in [0.1, 0.15) is 0 Å². The van der Waals surface area contributed by atoms with Gasteiger partial charge in [-0.15, -0.1) is 0 Å². The highest BCUT2D eigenvalue weighted by Gasteiger charge is 2.30. The Hall–Kier alpha value is -0.260. The summed E-state index contributed by atoms with van der Waals surface area (Å²) in [5.41, 5.74) is 3.38. The molecule has 2 atom stereocenters. The Morgan fingerprint density at radius 3 is 1.82 bits per heavy atom. The van der Waals surface area contributed by atoms with Crippen LogP contribution >= 0.6 is 0 Å². The maximum absolute atomic E-state index is 2.32. The first kappa shape index (κ1) is 7.39. The Morgan fingerprint density at radius 2 is 1.36 bits per heavy atom. The van der Waals surface area contributed by atoms with Gasteiger partial charge >= 0.3 is 0 Å². The second-order valence-corrected chi connectivity index (χ2v) is 4.42. The predicted octanol–water partition coefficient (Wildman–Crippen LogP) is 3.53. The van der Waals surface area contributed by atoms with E-state index >= 15 is 0 Å². The predicted molar refractivity (Wildman–Crippen MR) is 48.4 cm³/mol. The van der Waals surface area contributed by atoms with Gasteiger partial charge in [0, 0.05) is 0 Å². The minimum Gasteiger partial charge on any atom is -0.0741 e. The molecule has 0 spiro atoms. The van der Waals surface area contributed by atoms with Gasteiger partial charge in [-0.25, -0.2) is 0 Å². The minimum absolute atomic E-state index is 1.07. The average Bonchev–Trinajstić information content (AvgIpc) is 2.36. The Morgan fingerprint density at radius 1 is 0.909 bits per heavy atom. The van der Waals surface area contributed by atoms with Gasteiger partial charge in [-0.2, -0.15) is 0 Å². The highest BCUT2D eigenvalue weighted by Crippen LogP contribution is 2.43. The van der Waals surface area contributed by atoms with Crippen LogP contribution in [0.1, 0.15) is 46.0 Å². The summed E-state index contributed by atoms with van der Waals surface area (Å²) in [6, 6.07) is 0. The molecule has 11 heavy (non-hydrogen) atoms. The lowest BCUT2D eigenvalue weighted by Gasteiger charge is -2.27. The lowest BCUT2D eigenvalue weighted by Crippen LogP contribution is -2.14. The zero-order chi connectivity index (χ0) is 7.84. The van der Waals surface area contributed by atoms with Crippen LogP contribution in [0.3, 0.4) is 0 Å². The fourth-order valence-electron chi connectivity index (χ4n) is 2.79. The summed E-state index contributed by atoms with van der Waals surface area (Å²) < 4.78 is 0. The van der Waals surface area contributed by atoms with Gasteiger partial charge in [-0.1, -0.05) is 17.6 Å². The standard InChI is InChI=1S/C11H18/c1-8-6-10-4-3-5-11(10)7-9(8)2/h10-11H,3-7H2,1-2H3. The second kappa shape index (κ2) is 2.66. The minimum atomic E-state index is 1.07. The normalized spacial score (nSPS) is 37.6. The Kier molecular flexibility index (Phi) is 1.78. The van der Waals surface area contributed by atoms with E-state index in [2.05, 4.69) is 13.8 Å². The molecular weight excluding hydrogens is 132 g/mol. The molecule has 0 nitrogen and oxygen atoms in total. The maximum Gasteiger partial charge on any atom is -0.0289 e. The molecule has 0 aromatic heterocycles. The molecule has 2 aliphatic rings. The Labute approximate surface area is 69.7 Å². The smallest absolute Gasteiger partial charge is 0.0289 e. The number of rotatable bonds is 0. The molecule has 0 heterocycles. The van der Waals surface area contributed by atoms with E-state index in [1.165, 1.54) is 32.1 Å². The molecule has 0 amide bonds. The van der Waals surface area contributed by atoms with Crippen molar-refractivity contribution in [3.63, 3.8) is 0 Å². The van der Waals surface area contributed by atoms with Gasteiger partial charge < -0.3 is 0 Å². The van der Waals surface area contributed by atoms with E-state index in [-0.39, 0.29) is 0 Å². The van der Waals surface area contributed by atoms with Gasteiger partial charge in [-0.05, 0) is 51.4 Å². The summed E-state index contributed by atoms with van der Waals surface area (Å²) in [5, 5.41) is 0. The van der Waals surface area contributed by atoms with Crippen molar-refractivity contribution >= 4 is 0 Å². The van der Waals surface area contributed by atoms with Crippen LogP contribution in [0.25, 0.3) is 0 Å². The Balaban J connectivity index is 2.14. The van der Waals surface area contributed by atoms with Crippen LogP contribution in [0, 0.1) is 11.8 Å². The topological polar surface area (TPSA) is 0 Å².